The van der Waals surface area contributed by atoms with E-state index in [2.05, 4.69) is 48.0 Å². The summed E-state index contributed by atoms with van der Waals surface area (Å²) in [5.74, 6) is 2.60. The highest BCUT2D eigenvalue weighted by molar-refractivity contribution is 9.09. The summed E-state index contributed by atoms with van der Waals surface area (Å²) in [6.45, 7) is 4.61. The standard InChI is InChI=1S/C18H29BrO/c1-4-6-9-15(5-2)12-16(14-19)13-17-10-7-8-11-18(17)20-3/h7-8,10-11,15-16H,4-6,9,12-14H2,1-3H3. The first-order valence-electron chi connectivity index (χ1n) is 7.92. The number of alkyl halides is 1. The molecule has 0 aliphatic heterocycles. The maximum atomic E-state index is 5.47. The maximum Gasteiger partial charge on any atom is 0.122 e. The number of halogens is 1. The average molecular weight is 341 g/mol. The van der Waals surface area contributed by atoms with E-state index >= 15 is 0 Å². The van der Waals surface area contributed by atoms with Gasteiger partial charge in [-0.1, -0.05) is 73.7 Å². The van der Waals surface area contributed by atoms with Gasteiger partial charge in [-0.15, -0.1) is 0 Å². The molecule has 20 heavy (non-hydrogen) atoms. The van der Waals surface area contributed by atoms with Gasteiger partial charge >= 0.3 is 0 Å². The molecule has 0 aromatic heterocycles. The first kappa shape index (κ1) is 17.6. The van der Waals surface area contributed by atoms with Crippen molar-refractivity contribution in [3.05, 3.63) is 29.8 Å². The van der Waals surface area contributed by atoms with Gasteiger partial charge in [-0.3, -0.25) is 0 Å². The van der Waals surface area contributed by atoms with Gasteiger partial charge in [0.05, 0.1) is 7.11 Å². The molecule has 1 aromatic carbocycles. The van der Waals surface area contributed by atoms with Gasteiger partial charge in [-0.05, 0) is 36.3 Å². The van der Waals surface area contributed by atoms with Crippen molar-refractivity contribution in [2.45, 2.75) is 52.4 Å². The number of unbranched alkanes of at least 4 members (excludes halogenated alkanes) is 1. The van der Waals surface area contributed by atoms with Gasteiger partial charge in [0.25, 0.3) is 0 Å². The molecular formula is C18H29BrO. The van der Waals surface area contributed by atoms with Crippen LogP contribution in [-0.2, 0) is 6.42 Å². The van der Waals surface area contributed by atoms with Gasteiger partial charge in [0, 0.05) is 5.33 Å². The molecular weight excluding hydrogens is 312 g/mol. The minimum absolute atomic E-state index is 0.702. The number of ether oxygens (including phenoxy) is 1. The van der Waals surface area contributed by atoms with Crippen molar-refractivity contribution in [3.63, 3.8) is 0 Å². The number of benzene rings is 1. The third-order valence-electron chi connectivity index (χ3n) is 4.13. The van der Waals surface area contributed by atoms with Crippen LogP contribution in [0.3, 0.4) is 0 Å². The topological polar surface area (TPSA) is 9.23 Å². The Morgan fingerprint density at radius 3 is 2.50 bits per heavy atom. The fraction of sp³-hybridized carbons (Fsp3) is 0.667. The van der Waals surface area contributed by atoms with Gasteiger partial charge in [-0.2, -0.15) is 0 Å². The Labute approximate surface area is 133 Å². The second-order valence-electron chi connectivity index (χ2n) is 5.69. The average Bonchev–Trinajstić information content (AvgIpc) is 2.50. The molecule has 0 N–H and O–H groups in total. The molecule has 0 heterocycles. The summed E-state index contributed by atoms with van der Waals surface area (Å²) in [4.78, 5) is 0. The third-order valence-corrected chi connectivity index (χ3v) is 5.04. The molecule has 1 rings (SSSR count). The fourth-order valence-corrected chi connectivity index (χ4v) is 3.33. The molecule has 0 saturated carbocycles. The van der Waals surface area contributed by atoms with Crippen molar-refractivity contribution >= 4 is 15.9 Å². The molecule has 0 aliphatic carbocycles. The van der Waals surface area contributed by atoms with Gasteiger partial charge in [0.1, 0.15) is 5.75 Å². The summed E-state index contributed by atoms with van der Waals surface area (Å²) in [7, 11) is 1.76. The zero-order valence-electron chi connectivity index (χ0n) is 13.2. The Hall–Kier alpha value is -0.500. The molecule has 2 atom stereocenters. The number of hydrogen-bond acceptors (Lipinski definition) is 1. The lowest BCUT2D eigenvalue weighted by Crippen LogP contribution is -2.13. The lowest BCUT2D eigenvalue weighted by molar-refractivity contribution is 0.350. The van der Waals surface area contributed by atoms with Crippen LogP contribution in [0.1, 0.15) is 51.5 Å². The minimum atomic E-state index is 0.702. The van der Waals surface area contributed by atoms with Crippen molar-refractivity contribution in [2.24, 2.45) is 11.8 Å². The number of hydrogen-bond donors (Lipinski definition) is 0. The highest BCUT2D eigenvalue weighted by Crippen LogP contribution is 2.28. The van der Waals surface area contributed by atoms with Crippen molar-refractivity contribution in [2.75, 3.05) is 12.4 Å². The van der Waals surface area contributed by atoms with E-state index in [-0.39, 0.29) is 0 Å². The Morgan fingerprint density at radius 1 is 1.15 bits per heavy atom. The predicted molar refractivity (Wildman–Crippen MR) is 91.9 cm³/mol. The van der Waals surface area contributed by atoms with E-state index in [0.717, 1.165) is 23.4 Å². The first-order valence-corrected chi connectivity index (χ1v) is 9.05. The number of para-hydroxylation sites is 1. The fourth-order valence-electron chi connectivity index (χ4n) is 2.84. The van der Waals surface area contributed by atoms with Gasteiger partial charge in [0.15, 0.2) is 0 Å². The van der Waals surface area contributed by atoms with Crippen LogP contribution in [0.4, 0.5) is 0 Å². The van der Waals surface area contributed by atoms with Crippen LogP contribution >= 0.6 is 15.9 Å². The molecule has 0 radical (unpaired) electrons. The molecule has 0 saturated heterocycles. The third kappa shape index (κ3) is 5.87. The first-order chi connectivity index (χ1) is 9.74. The van der Waals surface area contributed by atoms with E-state index in [1.807, 2.05) is 6.07 Å². The molecule has 114 valence electrons. The Bertz CT molecular complexity index is 364. The molecule has 1 aromatic rings. The van der Waals surface area contributed by atoms with Crippen LogP contribution in [0.2, 0.25) is 0 Å². The monoisotopic (exact) mass is 340 g/mol. The van der Waals surface area contributed by atoms with Crippen molar-refractivity contribution in [1.82, 2.24) is 0 Å². The molecule has 0 spiro atoms. The lowest BCUT2D eigenvalue weighted by atomic mass is 9.86. The van der Waals surface area contributed by atoms with Gasteiger partial charge in [0.2, 0.25) is 0 Å². The van der Waals surface area contributed by atoms with Crippen LogP contribution in [0.15, 0.2) is 24.3 Å². The van der Waals surface area contributed by atoms with Gasteiger partial charge < -0.3 is 4.74 Å². The van der Waals surface area contributed by atoms with Crippen LogP contribution in [0.25, 0.3) is 0 Å². The summed E-state index contributed by atoms with van der Waals surface area (Å²) in [5.41, 5.74) is 1.34. The smallest absolute Gasteiger partial charge is 0.122 e. The predicted octanol–water partition coefficient (Wildman–Crippen LogP) is 5.86. The van der Waals surface area contributed by atoms with Crippen LogP contribution in [0.5, 0.6) is 5.75 Å². The highest BCUT2D eigenvalue weighted by atomic mass is 79.9. The van der Waals surface area contributed by atoms with Gasteiger partial charge in [-0.25, -0.2) is 0 Å². The second-order valence-corrected chi connectivity index (χ2v) is 6.34. The van der Waals surface area contributed by atoms with Crippen LogP contribution in [0, 0.1) is 11.8 Å². The SMILES string of the molecule is CCCCC(CC)CC(CBr)Cc1ccccc1OC. The lowest BCUT2D eigenvalue weighted by Gasteiger charge is -2.22. The van der Waals surface area contributed by atoms with Crippen LogP contribution in [-0.4, -0.2) is 12.4 Å². The Morgan fingerprint density at radius 2 is 1.90 bits per heavy atom. The van der Waals surface area contributed by atoms with E-state index < -0.39 is 0 Å². The molecule has 0 fully saturated rings. The molecule has 0 amide bonds. The molecule has 0 bridgehead atoms. The molecule has 2 heteroatoms. The Balaban J connectivity index is 2.61. The van der Waals surface area contributed by atoms with Crippen LogP contribution < -0.4 is 4.74 Å². The summed E-state index contributed by atoms with van der Waals surface area (Å²) in [6, 6.07) is 8.41. The summed E-state index contributed by atoms with van der Waals surface area (Å²) < 4.78 is 5.47. The van der Waals surface area contributed by atoms with E-state index in [4.69, 9.17) is 4.74 Å². The molecule has 2 unspecified atom stereocenters. The zero-order valence-corrected chi connectivity index (χ0v) is 14.8. The normalized spacial score (nSPS) is 14.0. The quantitative estimate of drug-likeness (QED) is 0.485. The summed E-state index contributed by atoms with van der Waals surface area (Å²) >= 11 is 3.70. The number of rotatable bonds is 10. The van der Waals surface area contributed by atoms with E-state index in [9.17, 15) is 0 Å². The van der Waals surface area contributed by atoms with Crippen molar-refractivity contribution in [1.29, 1.82) is 0 Å². The summed E-state index contributed by atoms with van der Waals surface area (Å²) in [6.07, 6.45) is 7.78. The van der Waals surface area contributed by atoms with E-state index in [1.165, 1.54) is 37.7 Å². The Kier molecular flexibility index (Phi) is 9.00. The van der Waals surface area contributed by atoms with E-state index in [1.54, 1.807) is 7.11 Å². The number of methoxy groups -OCH3 is 1. The second kappa shape index (κ2) is 10.3. The molecule has 1 nitrogen and oxygen atoms in total. The molecule has 0 aliphatic rings. The zero-order chi connectivity index (χ0) is 14.8. The van der Waals surface area contributed by atoms with Crippen molar-refractivity contribution in [3.8, 4) is 5.75 Å². The largest absolute Gasteiger partial charge is 0.496 e. The van der Waals surface area contributed by atoms with E-state index in [0.29, 0.717) is 5.92 Å². The summed E-state index contributed by atoms with van der Waals surface area (Å²) in [5, 5.41) is 1.08. The minimum Gasteiger partial charge on any atom is -0.496 e. The highest BCUT2D eigenvalue weighted by Gasteiger charge is 2.16. The van der Waals surface area contributed by atoms with Crippen molar-refractivity contribution < 1.29 is 4.74 Å². The maximum absolute atomic E-state index is 5.47.